The SMILES string of the molecule is CB(O)N1C2CC[C@H]1CC(OC(=O)c1ccccc1)C2. The highest BCUT2D eigenvalue weighted by Gasteiger charge is 2.44. The molecule has 2 fully saturated rings. The third-order valence-electron chi connectivity index (χ3n) is 4.46. The summed E-state index contributed by atoms with van der Waals surface area (Å²) in [5.74, 6) is -0.236. The van der Waals surface area contributed by atoms with Crippen molar-refractivity contribution < 1.29 is 14.6 Å². The summed E-state index contributed by atoms with van der Waals surface area (Å²) in [5.41, 5.74) is 0.609. The van der Waals surface area contributed by atoms with Crippen molar-refractivity contribution >= 4 is 13.0 Å². The van der Waals surface area contributed by atoms with E-state index in [1.807, 2.05) is 25.0 Å². The number of hydrogen-bond acceptors (Lipinski definition) is 4. The second kappa shape index (κ2) is 5.58. The molecule has 1 N–H and O–H groups in total. The molecule has 0 amide bonds. The van der Waals surface area contributed by atoms with E-state index in [0.717, 1.165) is 25.7 Å². The third-order valence-corrected chi connectivity index (χ3v) is 4.46. The van der Waals surface area contributed by atoms with Crippen LogP contribution in [0.25, 0.3) is 0 Å². The Morgan fingerprint density at radius 2 is 1.85 bits per heavy atom. The highest BCUT2D eigenvalue weighted by Crippen LogP contribution is 2.37. The molecule has 0 aliphatic carbocycles. The Labute approximate surface area is 119 Å². The number of piperidine rings is 1. The summed E-state index contributed by atoms with van der Waals surface area (Å²) in [7, 11) is -0.404. The molecule has 0 radical (unpaired) electrons. The van der Waals surface area contributed by atoms with Gasteiger partial charge in [-0.05, 0) is 44.6 Å². The topological polar surface area (TPSA) is 49.8 Å². The lowest BCUT2D eigenvalue weighted by Crippen LogP contribution is -2.52. The maximum absolute atomic E-state index is 12.1. The van der Waals surface area contributed by atoms with Crippen molar-refractivity contribution in [2.45, 2.75) is 50.7 Å². The van der Waals surface area contributed by atoms with Crippen molar-refractivity contribution in [3.05, 3.63) is 35.9 Å². The van der Waals surface area contributed by atoms with Gasteiger partial charge in [-0.25, -0.2) is 4.79 Å². The first-order chi connectivity index (χ1) is 9.65. The first kappa shape index (κ1) is 13.6. The van der Waals surface area contributed by atoms with E-state index in [9.17, 15) is 9.82 Å². The minimum absolute atomic E-state index is 0.0183. The smallest absolute Gasteiger partial charge is 0.376 e. The average molecular weight is 273 g/mol. The summed E-state index contributed by atoms with van der Waals surface area (Å²) in [5, 5.41) is 9.82. The van der Waals surface area contributed by atoms with Gasteiger partial charge in [-0.3, -0.25) is 0 Å². The van der Waals surface area contributed by atoms with E-state index in [0.29, 0.717) is 17.6 Å². The quantitative estimate of drug-likeness (QED) is 0.675. The molecule has 2 aliphatic heterocycles. The predicted octanol–water partition coefficient (Wildman–Crippen LogP) is 1.95. The monoisotopic (exact) mass is 273 g/mol. The highest BCUT2D eigenvalue weighted by atomic mass is 16.5. The second-order valence-electron chi connectivity index (χ2n) is 5.83. The molecule has 2 aliphatic rings. The molecule has 20 heavy (non-hydrogen) atoms. The molecule has 106 valence electrons. The van der Waals surface area contributed by atoms with Crippen LogP contribution in [-0.4, -0.2) is 41.0 Å². The van der Waals surface area contributed by atoms with Crippen LogP contribution in [0.1, 0.15) is 36.0 Å². The van der Waals surface area contributed by atoms with Gasteiger partial charge in [0, 0.05) is 12.1 Å². The Hall–Kier alpha value is -1.33. The van der Waals surface area contributed by atoms with Crippen molar-refractivity contribution in [3.63, 3.8) is 0 Å². The molecule has 2 heterocycles. The van der Waals surface area contributed by atoms with Gasteiger partial charge in [-0.15, -0.1) is 0 Å². The first-order valence-electron chi connectivity index (χ1n) is 7.36. The van der Waals surface area contributed by atoms with Crippen LogP contribution in [0.2, 0.25) is 6.82 Å². The number of nitrogens with zero attached hydrogens (tertiary/aromatic N) is 1. The fraction of sp³-hybridized carbons (Fsp3) is 0.533. The van der Waals surface area contributed by atoms with E-state index < -0.39 is 7.05 Å². The van der Waals surface area contributed by atoms with Crippen molar-refractivity contribution in [2.75, 3.05) is 0 Å². The Kier molecular flexibility index (Phi) is 3.81. The number of esters is 1. The van der Waals surface area contributed by atoms with Crippen LogP contribution in [0.4, 0.5) is 0 Å². The molecule has 0 spiro atoms. The number of rotatable bonds is 3. The van der Waals surface area contributed by atoms with Crippen molar-refractivity contribution in [1.29, 1.82) is 0 Å². The average Bonchev–Trinajstić information content (AvgIpc) is 2.72. The van der Waals surface area contributed by atoms with Crippen LogP contribution >= 0.6 is 0 Å². The van der Waals surface area contributed by atoms with Crippen molar-refractivity contribution in [2.24, 2.45) is 0 Å². The van der Waals surface area contributed by atoms with Gasteiger partial charge in [0.05, 0.1) is 5.56 Å². The highest BCUT2D eigenvalue weighted by molar-refractivity contribution is 6.45. The van der Waals surface area contributed by atoms with E-state index in [-0.39, 0.29) is 12.1 Å². The molecular weight excluding hydrogens is 253 g/mol. The van der Waals surface area contributed by atoms with Crippen LogP contribution in [0.5, 0.6) is 0 Å². The molecule has 2 unspecified atom stereocenters. The molecule has 3 rings (SSSR count). The fourth-order valence-electron chi connectivity index (χ4n) is 3.66. The largest absolute Gasteiger partial charge is 0.459 e. The van der Waals surface area contributed by atoms with Gasteiger partial charge in [0.25, 0.3) is 0 Å². The molecular formula is C15H20BNO3. The number of hydrogen-bond donors (Lipinski definition) is 1. The van der Waals surface area contributed by atoms with Gasteiger partial charge in [-0.2, -0.15) is 0 Å². The summed E-state index contributed by atoms with van der Waals surface area (Å²) in [6, 6.07) is 9.83. The van der Waals surface area contributed by atoms with Crippen molar-refractivity contribution in [1.82, 2.24) is 4.81 Å². The maximum atomic E-state index is 12.1. The fourth-order valence-corrected chi connectivity index (χ4v) is 3.66. The molecule has 3 atom stereocenters. The molecule has 5 heteroatoms. The molecule has 1 aromatic carbocycles. The first-order valence-corrected chi connectivity index (χ1v) is 7.36. The minimum Gasteiger partial charge on any atom is -0.459 e. The normalized spacial score (nSPS) is 29.2. The minimum atomic E-state index is -0.404. The van der Waals surface area contributed by atoms with E-state index in [1.165, 1.54) is 0 Å². The molecule has 2 bridgehead atoms. The Bertz CT molecular complexity index is 465. The van der Waals surface area contributed by atoms with Gasteiger partial charge in [0.15, 0.2) is 0 Å². The second-order valence-corrected chi connectivity index (χ2v) is 5.83. The zero-order valence-electron chi connectivity index (χ0n) is 11.7. The Morgan fingerprint density at radius 1 is 1.25 bits per heavy atom. The van der Waals surface area contributed by atoms with Crippen molar-refractivity contribution in [3.8, 4) is 0 Å². The molecule has 1 aromatic rings. The number of ether oxygens (including phenoxy) is 1. The van der Waals surface area contributed by atoms with Crippen LogP contribution < -0.4 is 0 Å². The van der Waals surface area contributed by atoms with E-state index >= 15 is 0 Å². The summed E-state index contributed by atoms with van der Waals surface area (Å²) in [6.45, 7) is 1.82. The van der Waals surface area contributed by atoms with Gasteiger partial charge in [0.1, 0.15) is 6.10 Å². The van der Waals surface area contributed by atoms with Gasteiger partial charge < -0.3 is 14.6 Å². The van der Waals surface area contributed by atoms with Crippen LogP contribution in [-0.2, 0) is 4.74 Å². The van der Waals surface area contributed by atoms with Gasteiger partial charge >= 0.3 is 13.0 Å². The number of carbonyl (C=O) groups excluding carboxylic acids is 1. The summed E-state index contributed by atoms with van der Waals surface area (Å²) in [6.07, 6.45) is 3.83. The summed E-state index contributed by atoms with van der Waals surface area (Å²) >= 11 is 0. The predicted molar refractivity (Wildman–Crippen MR) is 77.4 cm³/mol. The third kappa shape index (κ3) is 2.60. The molecule has 4 nitrogen and oxygen atoms in total. The number of benzene rings is 1. The summed E-state index contributed by atoms with van der Waals surface area (Å²) in [4.78, 5) is 14.3. The lowest BCUT2D eigenvalue weighted by atomic mass is 9.79. The Morgan fingerprint density at radius 3 is 2.40 bits per heavy atom. The lowest BCUT2D eigenvalue weighted by Gasteiger charge is -2.39. The van der Waals surface area contributed by atoms with Crippen LogP contribution in [0, 0.1) is 0 Å². The summed E-state index contributed by atoms with van der Waals surface area (Å²) < 4.78 is 5.64. The van der Waals surface area contributed by atoms with Crippen LogP contribution in [0.15, 0.2) is 30.3 Å². The molecule has 0 aromatic heterocycles. The van der Waals surface area contributed by atoms with Gasteiger partial charge in [-0.1, -0.05) is 18.2 Å². The zero-order valence-corrected chi connectivity index (χ0v) is 11.7. The van der Waals surface area contributed by atoms with E-state index in [1.54, 1.807) is 12.1 Å². The van der Waals surface area contributed by atoms with Gasteiger partial charge in [0.2, 0.25) is 0 Å². The van der Waals surface area contributed by atoms with Crippen LogP contribution in [0.3, 0.4) is 0 Å². The van der Waals surface area contributed by atoms with E-state index in [2.05, 4.69) is 4.81 Å². The lowest BCUT2D eigenvalue weighted by molar-refractivity contribution is 0.00607. The Balaban J connectivity index is 1.63. The molecule has 2 saturated heterocycles. The molecule has 0 saturated carbocycles. The zero-order chi connectivity index (χ0) is 14.1. The standard InChI is InChI=1S/C15H20BNO3/c1-16(19)17-12-7-8-13(17)10-14(9-12)20-15(18)11-5-3-2-4-6-11/h2-6,12-14,19H,7-10H2,1H3/t12-,13?,14?/m0/s1. The number of carbonyl (C=O) groups is 1. The van der Waals surface area contributed by atoms with E-state index in [4.69, 9.17) is 4.74 Å². The number of fused-ring (bicyclic) bond motifs is 2. The maximum Gasteiger partial charge on any atom is 0.376 e.